The molecule has 0 aromatic carbocycles. The Balaban J connectivity index is 2.69. The zero-order valence-corrected chi connectivity index (χ0v) is 10.4. The quantitative estimate of drug-likeness (QED) is 0.382. The first-order chi connectivity index (χ1) is 7.04. The molecule has 5 nitrogen and oxygen atoms in total. The van der Waals surface area contributed by atoms with Gasteiger partial charge in [-0.05, 0) is 22.0 Å². The first-order valence-electron chi connectivity index (χ1n) is 4.00. The van der Waals surface area contributed by atoms with E-state index in [4.69, 9.17) is 10.9 Å². The van der Waals surface area contributed by atoms with Gasteiger partial charge in [0.05, 0.1) is 15.9 Å². The van der Waals surface area contributed by atoms with E-state index in [2.05, 4.69) is 21.1 Å². The van der Waals surface area contributed by atoms with E-state index in [9.17, 15) is 4.79 Å². The minimum atomic E-state index is -0.163. The molecule has 0 saturated heterocycles. The van der Waals surface area contributed by atoms with Gasteiger partial charge in [-0.3, -0.25) is 4.79 Å². The lowest BCUT2D eigenvalue weighted by Gasteiger charge is -2.14. The molecule has 0 unspecified atom stereocenters. The van der Waals surface area contributed by atoms with Crippen LogP contribution in [0.5, 0.6) is 0 Å². The Kier molecular flexibility index (Phi) is 4.10. The van der Waals surface area contributed by atoms with Crippen molar-refractivity contribution in [3.05, 3.63) is 20.8 Å². The fraction of sp³-hybridized carbons (Fsp3) is 0.250. The number of rotatable bonds is 3. The highest BCUT2D eigenvalue weighted by atomic mass is 79.9. The number of oxime groups is 1. The Morgan fingerprint density at radius 3 is 2.93 bits per heavy atom. The Labute approximate surface area is 99.3 Å². The first kappa shape index (κ1) is 12.0. The van der Waals surface area contributed by atoms with E-state index in [1.165, 1.54) is 16.2 Å². The summed E-state index contributed by atoms with van der Waals surface area (Å²) >= 11 is 4.71. The van der Waals surface area contributed by atoms with Gasteiger partial charge in [-0.25, -0.2) is 0 Å². The molecule has 0 fully saturated rings. The summed E-state index contributed by atoms with van der Waals surface area (Å²) in [5, 5.41) is 12.9. The third-order valence-corrected chi connectivity index (χ3v) is 3.19. The number of nitrogens with two attached hydrogens (primary N) is 1. The van der Waals surface area contributed by atoms with Crippen molar-refractivity contribution in [3.8, 4) is 0 Å². The molecule has 1 heterocycles. The highest BCUT2D eigenvalue weighted by molar-refractivity contribution is 9.11. The van der Waals surface area contributed by atoms with Crippen LogP contribution in [0.4, 0.5) is 0 Å². The molecule has 0 spiro atoms. The second-order valence-electron chi connectivity index (χ2n) is 2.89. The molecule has 0 atom stereocenters. The number of thiophene rings is 1. The predicted molar refractivity (Wildman–Crippen MR) is 62.4 cm³/mol. The maximum atomic E-state index is 11.7. The molecule has 0 saturated carbocycles. The molecular weight excluding hydrogens is 282 g/mol. The number of hydrogen-bond donors (Lipinski definition) is 2. The lowest BCUT2D eigenvalue weighted by Crippen LogP contribution is -2.35. The Morgan fingerprint density at radius 2 is 2.47 bits per heavy atom. The molecule has 1 amide bonds. The van der Waals surface area contributed by atoms with Gasteiger partial charge >= 0.3 is 0 Å². The lowest BCUT2D eigenvalue weighted by atomic mass is 10.3. The molecule has 1 aromatic heterocycles. The fourth-order valence-electron chi connectivity index (χ4n) is 0.989. The van der Waals surface area contributed by atoms with Gasteiger partial charge in [0.1, 0.15) is 0 Å². The van der Waals surface area contributed by atoms with Crippen LogP contribution < -0.4 is 5.73 Å². The number of halogens is 1. The van der Waals surface area contributed by atoms with Crippen LogP contribution in [-0.4, -0.2) is 35.4 Å². The maximum absolute atomic E-state index is 11.7. The van der Waals surface area contributed by atoms with Crippen molar-refractivity contribution in [2.75, 3.05) is 13.6 Å². The number of amides is 1. The van der Waals surface area contributed by atoms with Crippen LogP contribution in [0.15, 0.2) is 20.4 Å². The van der Waals surface area contributed by atoms with Crippen LogP contribution in [-0.2, 0) is 0 Å². The zero-order valence-electron chi connectivity index (χ0n) is 7.98. The summed E-state index contributed by atoms with van der Waals surface area (Å²) in [5.74, 6) is -0.163. The van der Waals surface area contributed by atoms with E-state index < -0.39 is 0 Å². The van der Waals surface area contributed by atoms with Crippen LogP contribution >= 0.6 is 27.3 Å². The smallest absolute Gasteiger partial charge is 0.254 e. The van der Waals surface area contributed by atoms with Gasteiger partial charge < -0.3 is 15.8 Å². The van der Waals surface area contributed by atoms with Gasteiger partial charge in [0.15, 0.2) is 5.84 Å². The summed E-state index contributed by atoms with van der Waals surface area (Å²) < 4.78 is 0.892. The van der Waals surface area contributed by atoms with E-state index in [1.807, 2.05) is 0 Å². The molecule has 7 heteroatoms. The molecule has 1 rings (SSSR count). The van der Waals surface area contributed by atoms with Crippen molar-refractivity contribution in [2.45, 2.75) is 0 Å². The number of likely N-dealkylation sites (N-methyl/N-ethyl adjacent to an activating group) is 1. The van der Waals surface area contributed by atoms with Crippen molar-refractivity contribution in [3.63, 3.8) is 0 Å². The molecule has 0 bridgehead atoms. The summed E-state index contributed by atoms with van der Waals surface area (Å²) in [6, 6.07) is 1.73. The number of nitrogens with zero attached hydrogens (tertiary/aromatic N) is 2. The molecular formula is C8H10BrN3O2S. The monoisotopic (exact) mass is 291 g/mol. The van der Waals surface area contributed by atoms with Gasteiger partial charge in [0.2, 0.25) is 0 Å². The van der Waals surface area contributed by atoms with E-state index in [-0.39, 0.29) is 18.3 Å². The molecule has 82 valence electrons. The summed E-state index contributed by atoms with van der Waals surface area (Å²) in [4.78, 5) is 13.1. The molecule has 1 aromatic rings. The van der Waals surface area contributed by atoms with Crippen molar-refractivity contribution in [1.29, 1.82) is 0 Å². The number of amidine groups is 1. The average Bonchev–Trinajstić information content (AvgIpc) is 2.63. The fourth-order valence-corrected chi connectivity index (χ4v) is 2.12. The van der Waals surface area contributed by atoms with E-state index in [0.29, 0.717) is 5.56 Å². The molecule has 15 heavy (non-hydrogen) atoms. The Morgan fingerprint density at radius 1 is 1.80 bits per heavy atom. The topological polar surface area (TPSA) is 78.9 Å². The number of carbonyl (C=O) groups is 1. The van der Waals surface area contributed by atoms with Crippen molar-refractivity contribution < 1.29 is 10.0 Å². The lowest BCUT2D eigenvalue weighted by molar-refractivity contribution is 0.0814. The van der Waals surface area contributed by atoms with Crippen LogP contribution in [0.2, 0.25) is 0 Å². The highest BCUT2D eigenvalue weighted by Gasteiger charge is 2.14. The van der Waals surface area contributed by atoms with Gasteiger partial charge in [0, 0.05) is 12.4 Å². The molecule has 0 aliphatic heterocycles. The van der Waals surface area contributed by atoms with Gasteiger partial charge in [-0.15, -0.1) is 11.3 Å². The number of carbonyl (C=O) groups excluding carboxylic acids is 1. The van der Waals surface area contributed by atoms with Crippen molar-refractivity contribution >= 4 is 39.0 Å². The van der Waals surface area contributed by atoms with Crippen LogP contribution in [0.25, 0.3) is 0 Å². The normalized spacial score (nSPS) is 11.5. The summed E-state index contributed by atoms with van der Waals surface area (Å²) in [5.41, 5.74) is 5.88. The zero-order chi connectivity index (χ0) is 11.4. The number of hydrogen-bond acceptors (Lipinski definition) is 4. The summed E-state index contributed by atoms with van der Waals surface area (Å²) in [7, 11) is 1.59. The van der Waals surface area contributed by atoms with Gasteiger partial charge in [0.25, 0.3) is 5.91 Å². The third-order valence-electron chi connectivity index (χ3n) is 1.69. The van der Waals surface area contributed by atoms with E-state index in [1.54, 1.807) is 18.5 Å². The molecule has 0 aliphatic carbocycles. The second-order valence-corrected chi connectivity index (χ2v) is 5.18. The minimum Gasteiger partial charge on any atom is -0.409 e. The molecule has 0 radical (unpaired) electrons. The van der Waals surface area contributed by atoms with Crippen LogP contribution in [0.1, 0.15) is 10.4 Å². The van der Waals surface area contributed by atoms with Crippen molar-refractivity contribution in [1.82, 2.24) is 4.90 Å². The largest absolute Gasteiger partial charge is 0.409 e. The third kappa shape index (κ3) is 3.21. The van der Waals surface area contributed by atoms with Crippen molar-refractivity contribution in [2.24, 2.45) is 10.9 Å². The van der Waals surface area contributed by atoms with Crippen LogP contribution in [0.3, 0.4) is 0 Å². The highest BCUT2D eigenvalue weighted by Crippen LogP contribution is 2.21. The van der Waals surface area contributed by atoms with Gasteiger partial charge in [-0.2, -0.15) is 0 Å². The summed E-state index contributed by atoms with van der Waals surface area (Å²) in [6.45, 7) is 0.1000. The molecule has 3 N–H and O–H groups in total. The van der Waals surface area contributed by atoms with E-state index in [0.717, 1.165) is 3.79 Å². The predicted octanol–water partition coefficient (Wildman–Crippen LogP) is 1.33. The molecule has 0 aliphatic rings. The Bertz CT molecular complexity index is 391. The second kappa shape index (κ2) is 5.13. The SMILES string of the molecule is CN(CC(N)=NO)C(=O)c1csc(Br)c1. The first-order valence-corrected chi connectivity index (χ1v) is 5.67. The van der Waals surface area contributed by atoms with Crippen LogP contribution in [0, 0.1) is 0 Å². The Hall–Kier alpha value is -1.08. The van der Waals surface area contributed by atoms with Gasteiger partial charge in [-0.1, -0.05) is 5.16 Å². The minimum absolute atomic E-state index is 0.000135. The van der Waals surface area contributed by atoms with E-state index >= 15 is 0 Å². The standard InChI is InChI=1S/C8H10BrN3O2S/c1-12(3-7(10)11-14)8(13)5-2-6(9)15-4-5/h2,4,14H,3H2,1H3,(H2,10,11). The maximum Gasteiger partial charge on any atom is 0.254 e. The summed E-state index contributed by atoms with van der Waals surface area (Å²) in [6.07, 6.45) is 0. The average molecular weight is 292 g/mol.